The number of nitrogens with zero attached hydrogens (tertiary/aromatic N) is 3. The summed E-state index contributed by atoms with van der Waals surface area (Å²) in [6.45, 7) is 7.71. The van der Waals surface area contributed by atoms with Crippen LogP contribution in [-0.2, 0) is 6.54 Å². The Morgan fingerprint density at radius 3 is 2.29 bits per heavy atom. The number of carbonyl (C=O) groups excluding carboxylic acids is 1. The molecule has 35 heavy (non-hydrogen) atoms. The Morgan fingerprint density at radius 2 is 1.66 bits per heavy atom. The average molecular weight is 475 g/mol. The number of rotatable bonds is 5. The molecule has 182 valence electrons. The maximum Gasteiger partial charge on any atom is 0.257 e. The highest BCUT2D eigenvalue weighted by atomic mass is 19.1. The third kappa shape index (κ3) is 6.67. The molecule has 0 bridgehead atoms. The molecule has 0 unspecified atom stereocenters. The zero-order valence-corrected chi connectivity index (χ0v) is 20.4. The number of halogens is 1. The Bertz CT molecular complexity index is 1180. The van der Waals surface area contributed by atoms with E-state index in [4.69, 9.17) is 9.73 Å². The van der Waals surface area contributed by atoms with Crippen molar-refractivity contribution in [1.82, 2.24) is 15.1 Å². The zero-order valence-electron chi connectivity index (χ0n) is 20.4. The van der Waals surface area contributed by atoms with Gasteiger partial charge in [-0.2, -0.15) is 0 Å². The van der Waals surface area contributed by atoms with Crippen molar-refractivity contribution < 1.29 is 13.9 Å². The predicted molar refractivity (Wildman–Crippen MR) is 137 cm³/mol. The van der Waals surface area contributed by atoms with Gasteiger partial charge in [0.05, 0.1) is 12.8 Å². The van der Waals surface area contributed by atoms with Gasteiger partial charge in [0, 0.05) is 38.3 Å². The smallest absolute Gasteiger partial charge is 0.257 e. The molecule has 1 amide bonds. The molecule has 1 N–H and O–H groups in total. The molecule has 0 saturated carbocycles. The van der Waals surface area contributed by atoms with Gasteiger partial charge < -0.3 is 9.64 Å². The maximum absolute atomic E-state index is 13.6. The first-order chi connectivity index (χ1) is 16.9. The van der Waals surface area contributed by atoms with Crippen molar-refractivity contribution in [3.8, 4) is 5.75 Å². The van der Waals surface area contributed by atoms with E-state index < -0.39 is 0 Å². The van der Waals surface area contributed by atoms with Gasteiger partial charge in [-0.05, 0) is 79.1 Å². The number of aryl methyl sites for hydroxylation is 2. The van der Waals surface area contributed by atoms with Crippen LogP contribution in [0, 0.1) is 19.7 Å². The third-order valence-corrected chi connectivity index (χ3v) is 5.99. The van der Waals surface area contributed by atoms with E-state index >= 15 is 0 Å². The molecule has 3 aromatic carbocycles. The molecular weight excluding hydrogens is 443 g/mol. The average Bonchev–Trinajstić information content (AvgIpc) is 2.83. The molecule has 0 aromatic heterocycles. The van der Waals surface area contributed by atoms with Crippen LogP contribution in [0.4, 0.5) is 10.1 Å². The van der Waals surface area contributed by atoms with Gasteiger partial charge in [0.15, 0.2) is 0 Å². The highest BCUT2D eigenvalue weighted by molar-refractivity contribution is 6.06. The fourth-order valence-corrected chi connectivity index (χ4v) is 4.24. The van der Waals surface area contributed by atoms with Gasteiger partial charge in [-0.1, -0.05) is 18.2 Å². The number of aliphatic imine (C=N–C) groups is 1. The van der Waals surface area contributed by atoms with Gasteiger partial charge in [-0.3, -0.25) is 15.0 Å². The van der Waals surface area contributed by atoms with Crippen LogP contribution in [0.25, 0.3) is 0 Å². The van der Waals surface area contributed by atoms with E-state index in [1.54, 1.807) is 43.5 Å². The fraction of sp³-hybridized carbons (Fsp3) is 0.286. The van der Waals surface area contributed by atoms with Crippen LogP contribution in [0.15, 0.2) is 71.7 Å². The van der Waals surface area contributed by atoms with Crippen molar-refractivity contribution in [3.63, 3.8) is 0 Å². The van der Waals surface area contributed by atoms with Crippen molar-refractivity contribution in [3.05, 3.63) is 94.8 Å². The molecule has 0 atom stereocenters. The monoisotopic (exact) mass is 474 g/mol. The van der Waals surface area contributed by atoms with Crippen molar-refractivity contribution in [1.29, 1.82) is 0 Å². The van der Waals surface area contributed by atoms with E-state index in [-0.39, 0.29) is 11.7 Å². The van der Waals surface area contributed by atoms with E-state index in [0.29, 0.717) is 36.9 Å². The summed E-state index contributed by atoms with van der Waals surface area (Å²) in [5.41, 5.74) is 4.52. The number of methoxy groups -OCH3 is 1. The first-order valence-electron chi connectivity index (χ1n) is 11.7. The Balaban J connectivity index is 1.51. The first kappa shape index (κ1) is 24.4. The molecule has 3 aromatic rings. The summed E-state index contributed by atoms with van der Waals surface area (Å²) in [4.78, 5) is 22.3. The Morgan fingerprint density at radius 1 is 0.971 bits per heavy atom. The Labute approximate surface area is 206 Å². The van der Waals surface area contributed by atoms with E-state index in [1.807, 2.05) is 32.0 Å². The minimum atomic E-state index is -0.224. The largest absolute Gasteiger partial charge is 0.497 e. The van der Waals surface area contributed by atoms with Crippen LogP contribution < -0.4 is 10.1 Å². The molecule has 1 aliphatic rings. The maximum atomic E-state index is 13.6. The predicted octanol–water partition coefficient (Wildman–Crippen LogP) is 4.69. The van der Waals surface area contributed by atoms with Crippen LogP contribution in [-0.4, -0.2) is 55.0 Å². The standard InChI is InChI=1S/C28H31FN4O2/c1-20-15-21(2)17-25(16-20)30-28(31-27(34)23-7-9-26(35-3)10-8-23)33-13-11-32(12-14-33)19-22-5-4-6-24(29)18-22/h4-10,15-18H,11-14,19H2,1-3H3,(H,30,31,34). The van der Waals surface area contributed by atoms with Crippen LogP contribution in [0.5, 0.6) is 5.75 Å². The molecular formula is C28H31FN4O2. The minimum absolute atomic E-state index is 0.217. The number of benzene rings is 3. The molecule has 4 rings (SSSR count). The molecule has 1 fully saturated rings. The van der Waals surface area contributed by atoms with E-state index in [9.17, 15) is 9.18 Å². The lowest BCUT2D eigenvalue weighted by molar-refractivity contribution is 0.0967. The summed E-state index contributed by atoms with van der Waals surface area (Å²) >= 11 is 0. The molecule has 0 aliphatic carbocycles. The highest BCUT2D eigenvalue weighted by Crippen LogP contribution is 2.19. The summed E-state index contributed by atoms with van der Waals surface area (Å²) in [6, 6.07) is 19.8. The molecule has 0 spiro atoms. The third-order valence-electron chi connectivity index (χ3n) is 5.99. The van der Waals surface area contributed by atoms with Gasteiger partial charge in [-0.25, -0.2) is 9.38 Å². The van der Waals surface area contributed by atoms with E-state index in [2.05, 4.69) is 21.2 Å². The van der Waals surface area contributed by atoms with Gasteiger partial charge in [0.2, 0.25) is 5.96 Å². The number of ether oxygens (including phenoxy) is 1. The van der Waals surface area contributed by atoms with Gasteiger partial charge in [-0.15, -0.1) is 0 Å². The second-order valence-corrected chi connectivity index (χ2v) is 8.86. The molecule has 7 heteroatoms. The summed E-state index contributed by atoms with van der Waals surface area (Å²) in [6.07, 6.45) is 0. The Hall–Kier alpha value is -3.71. The summed E-state index contributed by atoms with van der Waals surface area (Å²) in [5.74, 6) is 0.782. The summed E-state index contributed by atoms with van der Waals surface area (Å²) < 4.78 is 18.8. The number of nitrogens with one attached hydrogen (secondary N) is 1. The van der Waals surface area contributed by atoms with Gasteiger partial charge in [0.25, 0.3) is 5.91 Å². The molecule has 0 radical (unpaired) electrons. The molecule has 6 nitrogen and oxygen atoms in total. The zero-order chi connectivity index (χ0) is 24.8. The fourth-order valence-electron chi connectivity index (χ4n) is 4.24. The number of guanidine groups is 1. The second kappa shape index (κ2) is 11.1. The molecule has 1 saturated heterocycles. The number of amides is 1. The van der Waals surface area contributed by atoms with Crippen LogP contribution >= 0.6 is 0 Å². The number of carbonyl (C=O) groups is 1. The van der Waals surface area contributed by atoms with E-state index in [0.717, 1.165) is 35.5 Å². The lowest BCUT2D eigenvalue weighted by atomic mass is 10.1. The summed E-state index contributed by atoms with van der Waals surface area (Å²) in [7, 11) is 1.59. The van der Waals surface area contributed by atoms with Crippen molar-refractivity contribution in [2.45, 2.75) is 20.4 Å². The van der Waals surface area contributed by atoms with Crippen molar-refractivity contribution >= 4 is 17.6 Å². The molecule has 1 heterocycles. The minimum Gasteiger partial charge on any atom is -0.497 e. The lowest BCUT2D eigenvalue weighted by Crippen LogP contribution is -2.53. The SMILES string of the molecule is COc1ccc(C(=O)NC(=Nc2cc(C)cc(C)c2)N2CCN(Cc3cccc(F)c3)CC2)cc1. The van der Waals surface area contributed by atoms with Crippen molar-refractivity contribution in [2.75, 3.05) is 33.3 Å². The summed E-state index contributed by atoms with van der Waals surface area (Å²) in [5, 5.41) is 3.03. The number of hydrogen-bond donors (Lipinski definition) is 1. The van der Waals surface area contributed by atoms with Crippen LogP contribution in [0.2, 0.25) is 0 Å². The number of piperazine rings is 1. The van der Waals surface area contributed by atoms with Gasteiger partial charge in [0.1, 0.15) is 11.6 Å². The quantitative estimate of drug-likeness (QED) is 0.431. The van der Waals surface area contributed by atoms with E-state index in [1.165, 1.54) is 6.07 Å². The highest BCUT2D eigenvalue weighted by Gasteiger charge is 2.22. The van der Waals surface area contributed by atoms with Crippen LogP contribution in [0.1, 0.15) is 27.0 Å². The van der Waals surface area contributed by atoms with Crippen molar-refractivity contribution in [2.24, 2.45) is 4.99 Å². The normalized spacial score (nSPS) is 14.6. The Kier molecular flexibility index (Phi) is 7.77. The number of hydrogen-bond acceptors (Lipinski definition) is 4. The van der Waals surface area contributed by atoms with Gasteiger partial charge >= 0.3 is 0 Å². The topological polar surface area (TPSA) is 57.2 Å². The lowest BCUT2D eigenvalue weighted by Gasteiger charge is -2.36. The second-order valence-electron chi connectivity index (χ2n) is 8.86. The molecule has 1 aliphatic heterocycles. The first-order valence-corrected chi connectivity index (χ1v) is 11.7. The van der Waals surface area contributed by atoms with Crippen LogP contribution in [0.3, 0.4) is 0 Å².